The van der Waals surface area contributed by atoms with Crippen LogP contribution in [0.3, 0.4) is 0 Å². The number of aliphatic imine (C=N–C) groups is 2. The Kier molecular flexibility index (Phi) is 6.52. The number of benzene rings is 2. The van der Waals surface area contributed by atoms with Crippen molar-refractivity contribution in [1.82, 2.24) is 0 Å². The molecule has 3 rings (SSSR count). The molecule has 0 fully saturated rings. The molecule has 144 valence electrons. The van der Waals surface area contributed by atoms with Crippen LogP contribution in [0.15, 0.2) is 78.9 Å². The van der Waals surface area contributed by atoms with Gasteiger partial charge in [-0.3, -0.25) is 9.98 Å². The van der Waals surface area contributed by atoms with Crippen LogP contribution in [-0.4, -0.2) is 11.4 Å². The van der Waals surface area contributed by atoms with Gasteiger partial charge in [0.05, 0.1) is 22.7 Å². The highest BCUT2D eigenvalue weighted by molar-refractivity contribution is 9.10. The van der Waals surface area contributed by atoms with Crippen LogP contribution in [-0.2, 0) is 0 Å². The van der Waals surface area contributed by atoms with Crippen molar-refractivity contribution >= 4 is 66.0 Å². The third kappa shape index (κ3) is 5.42. The number of nitrogens with one attached hydrogen (secondary N) is 2. The topological polar surface area (TPSA) is 48.8 Å². The fraction of sp³-hybridized carbons (Fsp3) is 0.182. The molecule has 1 heterocycles. The van der Waals surface area contributed by atoms with Crippen molar-refractivity contribution < 1.29 is 0 Å². The van der Waals surface area contributed by atoms with Gasteiger partial charge in [-0.25, -0.2) is 0 Å². The fourth-order valence-electron chi connectivity index (χ4n) is 2.98. The third-order valence-electron chi connectivity index (χ3n) is 4.03. The maximum atomic E-state index is 4.80. The van der Waals surface area contributed by atoms with Gasteiger partial charge in [0.2, 0.25) is 0 Å². The molecule has 2 N–H and O–H groups in total. The van der Waals surface area contributed by atoms with E-state index in [1.165, 1.54) is 0 Å². The first-order chi connectivity index (χ1) is 13.3. The Bertz CT molecular complexity index is 949. The molecule has 28 heavy (non-hydrogen) atoms. The molecule has 0 saturated carbocycles. The van der Waals surface area contributed by atoms with E-state index in [-0.39, 0.29) is 0 Å². The van der Waals surface area contributed by atoms with Gasteiger partial charge in [-0.15, -0.1) is 0 Å². The van der Waals surface area contributed by atoms with Gasteiger partial charge in [0.15, 0.2) is 0 Å². The van der Waals surface area contributed by atoms with Gasteiger partial charge in [0.25, 0.3) is 0 Å². The normalized spacial score (nSPS) is 18.5. The Morgan fingerprint density at radius 1 is 0.643 bits per heavy atom. The Morgan fingerprint density at radius 3 is 1.43 bits per heavy atom. The maximum Gasteiger partial charge on any atom is 0.0868 e. The van der Waals surface area contributed by atoms with Crippen LogP contribution >= 0.6 is 31.9 Å². The number of hydrogen-bond donors (Lipinski definition) is 2. The molecule has 0 amide bonds. The first-order valence-electron chi connectivity index (χ1n) is 8.90. The summed E-state index contributed by atoms with van der Waals surface area (Å²) in [5.41, 5.74) is 7.44. The molecular weight excluding hydrogens is 480 g/mol. The summed E-state index contributed by atoms with van der Waals surface area (Å²) in [6, 6.07) is 12.1. The Morgan fingerprint density at radius 2 is 1.04 bits per heavy atom. The predicted octanol–water partition coefficient (Wildman–Crippen LogP) is 7.74. The van der Waals surface area contributed by atoms with Crippen LogP contribution in [0.5, 0.6) is 0 Å². The lowest BCUT2D eigenvalue weighted by atomic mass is 10.2. The van der Waals surface area contributed by atoms with E-state index in [1.807, 2.05) is 76.2 Å². The van der Waals surface area contributed by atoms with Crippen LogP contribution in [0.4, 0.5) is 22.7 Å². The first-order valence-corrected chi connectivity index (χ1v) is 10.5. The molecular formula is C22H22Br2N4. The predicted molar refractivity (Wildman–Crippen MR) is 129 cm³/mol. The molecule has 0 unspecified atom stereocenters. The average Bonchev–Trinajstić information content (AvgIpc) is 2.58. The number of nitrogens with zero attached hydrogens (tertiary/aromatic N) is 2. The SMILES string of the molecule is CC1=Nc2ccc(Br)cc2N/C(C)=C/C(C)=Nc2ccc(Br)cc2N/C(C)=C/1. The first kappa shape index (κ1) is 20.6. The molecule has 0 radical (unpaired) electrons. The van der Waals surface area contributed by atoms with Crippen LogP contribution in [0, 0.1) is 0 Å². The lowest BCUT2D eigenvalue weighted by Crippen LogP contribution is -2.02. The zero-order valence-corrected chi connectivity index (χ0v) is 19.4. The van der Waals surface area contributed by atoms with Crippen molar-refractivity contribution in [1.29, 1.82) is 0 Å². The number of allylic oxidation sites excluding steroid dienone is 4. The molecule has 1 aliphatic rings. The number of fused-ring (bicyclic) bond motifs is 2. The van der Waals surface area contributed by atoms with Crippen molar-refractivity contribution in [2.24, 2.45) is 9.98 Å². The molecule has 4 nitrogen and oxygen atoms in total. The van der Waals surface area contributed by atoms with Gasteiger partial charge < -0.3 is 10.6 Å². The molecule has 2 aromatic carbocycles. The molecule has 0 spiro atoms. The quantitative estimate of drug-likeness (QED) is 0.387. The molecule has 0 aliphatic carbocycles. The number of halogens is 2. The average molecular weight is 502 g/mol. The minimum Gasteiger partial charge on any atom is -0.357 e. The minimum absolute atomic E-state index is 0.882. The minimum atomic E-state index is 0.882. The van der Waals surface area contributed by atoms with Crippen molar-refractivity contribution in [2.45, 2.75) is 27.7 Å². The molecule has 2 aromatic rings. The van der Waals surface area contributed by atoms with E-state index < -0.39 is 0 Å². The molecule has 0 atom stereocenters. The van der Waals surface area contributed by atoms with Crippen molar-refractivity contribution in [3.63, 3.8) is 0 Å². The summed E-state index contributed by atoms with van der Waals surface area (Å²) in [4.78, 5) is 9.59. The number of rotatable bonds is 0. The van der Waals surface area contributed by atoms with E-state index in [1.54, 1.807) is 0 Å². The van der Waals surface area contributed by atoms with E-state index >= 15 is 0 Å². The van der Waals surface area contributed by atoms with Gasteiger partial charge in [-0.05, 0) is 76.2 Å². The van der Waals surface area contributed by atoms with Crippen LogP contribution < -0.4 is 10.6 Å². The standard InChI is InChI=1S/C22H22Br2N4/c1-13-9-15(3)27-22-12-18(24)6-8-20(22)26-14(2)10-16(4)28-21-11-17(23)5-7-19(21)25-13/h5-12,27-28H,1-4H3/b15-9+,16-10+,25-13?,26-14?. The lowest BCUT2D eigenvalue weighted by Gasteiger charge is -2.14. The molecule has 0 aromatic heterocycles. The summed E-state index contributed by atoms with van der Waals surface area (Å²) >= 11 is 7.09. The second-order valence-corrected chi connectivity index (χ2v) is 8.57. The molecule has 6 heteroatoms. The monoisotopic (exact) mass is 500 g/mol. The van der Waals surface area contributed by atoms with Crippen LogP contribution in [0.1, 0.15) is 27.7 Å². The highest BCUT2D eigenvalue weighted by Crippen LogP contribution is 2.32. The Hall–Kier alpha value is -2.18. The Balaban J connectivity index is 2.16. The summed E-state index contributed by atoms with van der Waals surface area (Å²) in [5.74, 6) is 0. The van der Waals surface area contributed by atoms with E-state index in [0.717, 1.165) is 54.5 Å². The van der Waals surface area contributed by atoms with E-state index in [2.05, 4.69) is 42.5 Å². The summed E-state index contributed by atoms with van der Waals surface area (Å²) in [6.07, 6.45) is 4.06. The van der Waals surface area contributed by atoms with Crippen molar-refractivity contribution in [2.75, 3.05) is 10.6 Å². The van der Waals surface area contributed by atoms with E-state index in [4.69, 9.17) is 9.98 Å². The summed E-state index contributed by atoms with van der Waals surface area (Å²) < 4.78 is 2.00. The second kappa shape index (κ2) is 8.88. The largest absolute Gasteiger partial charge is 0.357 e. The zero-order chi connectivity index (χ0) is 20.3. The second-order valence-electron chi connectivity index (χ2n) is 6.73. The van der Waals surface area contributed by atoms with Crippen LogP contribution in [0.25, 0.3) is 0 Å². The molecule has 1 aliphatic heterocycles. The fourth-order valence-corrected chi connectivity index (χ4v) is 3.70. The van der Waals surface area contributed by atoms with Gasteiger partial charge in [0, 0.05) is 31.8 Å². The van der Waals surface area contributed by atoms with Gasteiger partial charge >= 0.3 is 0 Å². The summed E-state index contributed by atoms with van der Waals surface area (Å²) in [6.45, 7) is 8.04. The lowest BCUT2D eigenvalue weighted by molar-refractivity contribution is 1.33. The molecule has 0 saturated heterocycles. The maximum absolute atomic E-state index is 4.80. The summed E-state index contributed by atoms with van der Waals surface area (Å²) in [5, 5.41) is 6.90. The Labute approximate surface area is 182 Å². The van der Waals surface area contributed by atoms with Gasteiger partial charge in [0.1, 0.15) is 0 Å². The van der Waals surface area contributed by atoms with Gasteiger partial charge in [-0.1, -0.05) is 31.9 Å². The van der Waals surface area contributed by atoms with E-state index in [9.17, 15) is 0 Å². The highest BCUT2D eigenvalue weighted by atomic mass is 79.9. The third-order valence-corrected chi connectivity index (χ3v) is 5.01. The molecule has 0 bridgehead atoms. The van der Waals surface area contributed by atoms with Gasteiger partial charge in [-0.2, -0.15) is 0 Å². The highest BCUT2D eigenvalue weighted by Gasteiger charge is 2.07. The van der Waals surface area contributed by atoms with E-state index in [0.29, 0.717) is 0 Å². The summed E-state index contributed by atoms with van der Waals surface area (Å²) in [7, 11) is 0. The van der Waals surface area contributed by atoms with Crippen molar-refractivity contribution in [3.8, 4) is 0 Å². The number of anilines is 2. The zero-order valence-electron chi connectivity index (χ0n) is 16.3. The smallest absolute Gasteiger partial charge is 0.0868 e. The van der Waals surface area contributed by atoms with Crippen molar-refractivity contribution in [3.05, 3.63) is 68.9 Å². The number of hydrogen-bond acceptors (Lipinski definition) is 4. The van der Waals surface area contributed by atoms with Crippen LogP contribution in [0.2, 0.25) is 0 Å².